The zero-order valence-electron chi connectivity index (χ0n) is 10.9. The van der Waals surface area contributed by atoms with Crippen molar-refractivity contribution in [3.63, 3.8) is 0 Å². The number of hydrogen-bond acceptors (Lipinski definition) is 6. The zero-order valence-corrected chi connectivity index (χ0v) is 11.7. The van der Waals surface area contributed by atoms with Gasteiger partial charge in [-0.1, -0.05) is 0 Å². The summed E-state index contributed by atoms with van der Waals surface area (Å²) in [6.07, 6.45) is 2.32. The summed E-state index contributed by atoms with van der Waals surface area (Å²) < 4.78 is 6.62. The van der Waals surface area contributed by atoms with E-state index in [2.05, 4.69) is 9.97 Å². The van der Waals surface area contributed by atoms with Crippen LogP contribution < -0.4 is 5.73 Å². The number of imidazole rings is 1. The van der Waals surface area contributed by atoms with Crippen molar-refractivity contribution in [3.05, 3.63) is 28.1 Å². The Morgan fingerprint density at radius 3 is 3.00 bits per heavy atom. The lowest BCUT2D eigenvalue weighted by Gasteiger charge is -2.04. The number of anilines is 1. The maximum Gasteiger partial charge on any atom is 0.360 e. The number of aryl methyl sites for hydroxylation is 3. The maximum absolute atomic E-state index is 11.6. The molecule has 7 heteroatoms. The van der Waals surface area contributed by atoms with Crippen LogP contribution in [0.2, 0.25) is 0 Å². The summed E-state index contributed by atoms with van der Waals surface area (Å²) in [6, 6.07) is 0. The third-order valence-electron chi connectivity index (χ3n) is 2.58. The van der Waals surface area contributed by atoms with E-state index >= 15 is 0 Å². The average Bonchev–Trinajstić information content (AvgIpc) is 2.94. The van der Waals surface area contributed by atoms with Crippen LogP contribution in [0.4, 0.5) is 5.82 Å². The molecule has 0 saturated heterocycles. The van der Waals surface area contributed by atoms with Crippen molar-refractivity contribution in [3.8, 4) is 0 Å². The molecule has 2 N–H and O–H groups in total. The summed E-state index contributed by atoms with van der Waals surface area (Å²) in [4.78, 5) is 19.9. The minimum atomic E-state index is -0.483. The predicted molar refractivity (Wildman–Crippen MR) is 73.2 cm³/mol. The molecule has 0 saturated carbocycles. The summed E-state index contributed by atoms with van der Waals surface area (Å²) in [6.45, 7) is 4.66. The van der Waals surface area contributed by atoms with Gasteiger partial charge in [-0.3, -0.25) is 0 Å². The van der Waals surface area contributed by atoms with E-state index in [0.29, 0.717) is 19.0 Å². The predicted octanol–water partition coefficient (Wildman–Crippen LogP) is 1.65. The molecule has 102 valence electrons. The Morgan fingerprint density at radius 1 is 1.58 bits per heavy atom. The third kappa shape index (κ3) is 3.11. The molecule has 0 fully saturated rings. The number of nitrogens with zero attached hydrogens (tertiary/aromatic N) is 3. The summed E-state index contributed by atoms with van der Waals surface area (Å²) in [5, 5.41) is 3.06. The number of aromatic nitrogens is 3. The third-order valence-corrected chi connectivity index (χ3v) is 3.61. The number of nitrogen functional groups attached to an aromatic ring is 1. The SMILES string of the molecule is CCOC(=O)c1ncn(CCc2nc(C)cs2)c1N. The highest BCUT2D eigenvalue weighted by Gasteiger charge is 2.16. The lowest BCUT2D eigenvalue weighted by molar-refractivity contribution is 0.0521. The van der Waals surface area contributed by atoms with Crippen molar-refractivity contribution in [1.82, 2.24) is 14.5 Å². The Bertz CT molecular complexity index is 576. The number of hydrogen-bond donors (Lipinski definition) is 1. The summed E-state index contributed by atoms with van der Waals surface area (Å²) >= 11 is 1.62. The van der Waals surface area contributed by atoms with Gasteiger partial charge in [0.1, 0.15) is 5.82 Å². The summed E-state index contributed by atoms with van der Waals surface area (Å²) in [7, 11) is 0. The second-order valence-electron chi connectivity index (χ2n) is 4.02. The van der Waals surface area contributed by atoms with Crippen molar-refractivity contribution in [1.29, 1.82) is 0 Å². The molecule has 0 atom stereocenters. The number of carbonyl (C=O) groups excluding carboxylic acids is 1. The number of rotatable bonds is 5. The van der Waals surface area contributed by atoms with Crippen molar-refractivity contribution in [2.45, 2.75) is 26.8 Å². The molecule has 2 heterocycles. The van der Waals surface area contributed by atoms with Crippen LogP contribution in [-0.2, 0) is 17.7 Å². The van der Waals surface area contributed by atoms with Crippen LogP contribution in [0.5, 0.6) is 0 Å². The van der Waals surface area contributed by atoms with Gasteiger partial charge in [0.2, 0.25) is 0 Å². The molecule has 6 nitrogen and oxygen atoms in total. The van der Waals surface area contributed by atoms with Gasteiger partial charge in [-0.25, -0.2) is 14.8 Å². The Labute approximate surface area is 115 Å². The Kier molecular flexibility index (Phi) is 4.16. The molecule has 0 aliphatic carbocycles. The number of carbonyl (C=O) groups is 1. The Hall–Kier alpha value is -1.89. The van der Waals surface area contributed by atoms with Gasteiger partial charge in [-0.15, -0.1) is 11.3 Å². The quantitative estimate of drug-likeness (QED) is 0.842. The average molecular weight is 280 g/mol. The van der Waals surface area contributed by atoms with Crippen molar-refractivity contribution in [2.75, 3.05) is 12.3 Å². The standard InChI is InChI=1S/C12H16N4O2S/c1-3-18-12(17)10-11(13)16(7-14-10)5-4-9-15-8(2)6-19-9/h6-7H,3-5,13H2,1-2H3. The van der Waals surface area contributed by atoms with Crippen LogP contribution in [0.15, 0.2) is 11.7 Å². The first-order valence-electron chi connectivity index (χ1n) is 6.00. The first-order valence-corrected chi connectivity index (χ1v) is 6.88. The number of ether oxygens (including phenoxy) is 1. The van der Waals surface area contributed by atoms with Gasteiger partial charge in [0, 0.05) is 24.0 Å². The number of esters is 1. The highest BCUT2D eigenvalue weighted by Crippen LogP contribution is 2.14. The molecule has 2 aromatic heterocycles. The summed E-state index contributed by atoms with van der Waals surface area (Å²) in [5.41, 5.74) is 7.08. The van der Waals surface area contributed by atoms with Crippen molar-refractivity contribution in [2.24, 2.45) is 0 Å². The molecule has 2 aromatic rings. The van der Waals surface area contributed by atoms with E-state index < -0.39 is 5.97 Å². The largest absolute Gasteiger partial charge is 0.461 e. The second-order valence-corrected chi connectivity index (χ2v) is 4.97. The lowest BCUT2D eigenvalue weighted by atomic mass is 10.4. The Balaban J connectivity index is 2.03. The van der Waals surface area contributed by atoms with Crippen LogP contribution in [-0.4, -0.2) is 27.1 Å². The maximum atomic E-state index is 11.6. The van der Waals surface area contributed by atoms with E-state index in [1.807, 2.05) is 12.3 Å². The lowest BCUT2D eigenvalue weighted by Crippen LogP contribution is -2.10. The van der Waals surface area contributed by atoms with E-state index in [0.717, 1.165) is 17.1 Å². The minimum absolute atomic E-state index is 0.178. The number of thiazole rings is 1. The van der Waals surface area contributed by atoms with Gasteiger partial charge in [-0.05, 0) is 13.8 Å². The van der Waals surface area contributed by atoms with E-state index in [-0.39, 0.29) is 5.69 Å². The normalized spacial score (nSPS) is 10.6. The smallest absolute Gasteiger partial charge is 0.360 e. The molecular formula is C12H16N4O2S. The fourth-order valence-electron chi connectivity index (χ4n) is 1.66. The van der Waals surface area contributed by atoms with Gasteiger partial charge in [0.05, 0.1) is 17.9 Å². The molecule has 0 spiro atoms. The fourth-order valence-corrected chi connectivity index (χ4v) is 2.43. The monoisotopic (exact) mass is 280 g/mol. The molecule has 0 radical (unpaired) electrons. The molecule has 0 amide bonds. The molecule has 0 aromatic carbocycles. The molecule has 0 bridgehead atoms. The first-order chi connectivity index (χ1) is 9.11. The molecule has 19 heavy (non-hydrogen) atoms. The van der Waals surface area contributed by atoms with Crippen LogP contribution in [0.25, 0.3) is 0 Å². The van der Waals surface area contributed by atoms with Crippen LogP contribution >= 0.6 is 11.3 Å². The van der Waals surface area contributed by atoms with Crippen LogP contribution in [0, 0.1) is 6.92 Å². The van der Waals surface area contributed by atoms with E-state index in [4.69, 9.17) is 10.5 Å². The number of nitrogens with two attached hydrogens (primary N) is 1. The van der Waals surface area contributed by atoms with Crippen LogP contribution in [0.3, 0.4) is 0 Å². The molecular weight excluding hydrogens is 264 g/mol. The van der Waals surface area contributed by atoms with Gasteiger partial charge in [0.25, 0.3) is 0 Å². The zero-order chi connectivity index (χ0) is 13.8. The van der Waals surface area contributed by atoms with Gasteiger partial charge < -0.3 is 15.0 Å². The molecule has 0 aliphatic heterocycles. The molecule has 0 unspecified atom stereocenters. The first kappa shape index (κ1) is 13.5. The second kappa shape index (κ2) is 5.83. The van der Waals surface area contributed by atoms with Gasteiger partial charge in [0.15, 0.2) is 5.69 Å². The van der Waals surface area contributed by atoms with Crippen molar-refractivity contribution >= 4 is 23.1 Å². The van der Waals surface area contributed by atoms with Crippen LogP contribution in [0.1, 0.15) is 28.1 Å². The van der Waals surface area contributed by atoms with E-state index in [9.17, 15) is 4.79 Å². The van der Waals surface area contributed by atoms with Crippen molar-refractivity contribution < 1.29 is 9.53 Å². The Morgan fingerprint density at radius 2 is 2.37 bits per heavy atom. The van der Waals surface area contributed by atoms with Gasteiger partial charge in [-0.2, -0.15) is 0 Å². The minimum Gasteiger partial charge on any atom is -0.461 e. The summed E-state index contributed by atoms with van der Waals surface area (Å²) in [5.74, 6) is -0.143. The highest BCUT2D eigenvalue weighted by atomic mass is 32.1. The molecule has 2 rings (SSSR count). The highest BCUT2D eigenvalue weighted by molar-refractivity contribution is 7.09. The fraction of sp³-hybridized carbons (Fsp3) is 0.417. The van der Waals surface area contributed by atoms with E-state index in [1.165, 1.54) is 0 Å². The topological polar surface area (TPSA) is 83.0 Å². The van der Waals surface area contributed by atoms with E-state index in [1.54, 1.807) is 29.2 Å². The molecule has 0 aliphatic rings. The van der Waals surface area contributed by atoms with Gasteiger partial charge >= 0.3 is 5.97 Å².